The second kappa shape index (κ2) is 13.8. The Kier molecular flexibility index (Phi) is 9.99. The summed E-state index contributed by atoms with van der Waals surface area (Å²) < 4.78 is 23.3. The van der Waals surface area contributed by atoms with Crippen LogP contribution in [0.2, 0.25) is 0 Å². The van der Waals surface area contributed by atoms with Crippen LogP contribution in [-0.2, 0) is 38.1 Å². The summed E-state index contributed by atoms with van der Waals surface area (Å²) in [7, 11) is 0. The molecule has 2 aliphatic heterocycles. The predicted octanol–water partition coefficient (Wildman–Crippen LogP) is 0.528. The molecule has 0 aromatic rings. The van der Waals surface area contributed by atoms with Crippen molar-refractivity contribution in [3.63, 3.8) is 0 Å². The van der Waals surface area contributed by atoms with E-state index in [1.807, 2.05) is 6.92 Å². The minimum absolute atomic E-state index is 0.111. The van der Waals surface area contributed by atoms with Gasteiger partial charge in [0.25, 0.3) is 0 Å². The number of ether oxygens (including phenoxy) is 4. The molecule has 6 rings (SSSR count). The van der Waals surface area contributed by atoms with Crippen LogP contribution in [0.15, 0.2) is 57.7 Å². The van der Waals surface area contributed by atoms with Gasteiger partial charge in [-0.2, -0.15) is 0 Å². The molecule has 4 aliphatic carbocycles. The SMILES string of the molecule is C=C(C(=O)OC1CC(C)=C2C(=O)C=C(COC3OC(CO)C(O)C(O)C3O)C2C2OC(=O)C(C)C12)C1CCC(CO)=C2C(=O)C=C(C)C2C1. The summed E-state index contributed by atoms with van der Waals surface area (Å²) in [5.41, 5.74) is 3.86. The van der Waals surface area contributed by atoms with Crippen molar-refractivity contribution >= 4 is 23.5 Å². The van der Waals surface area contributed by atoms with Crippen LogP contribution in [0.4, 0.5) is 0 Å². The number of hydrogen-bond donors (Lipinski definition) is 5. The molecule has 0 amide bonds. The number of carbonyl (C=O) groups excluding carboxylic acids is 4. The van der Waals surface area contributed by atoms with Crippen molar-refractivity contribution in [2.24, 2.45) is 29.6 Å². The summed E-state index contributed by atoms with van der Waals surface area (Å²) in [4.78, 5) is 52.9. The van der Waals surface area contributed by atoms with Crippen molar-refractivity contribution in [2.75, 3.05) is 19.8 Å². The van der Waals surface area contributed by atoms with E-state index in [1.165, 1.54) is 6.08 Å². The first-order valence-corrected chi connectivity index (χ1v) is 16.8. The van der Waals surface area contributed by atoms with Crippen LogP contribution in [0, 0.1) is 29.6 Å². The molecule has 0 aromatic carbocycles. The highest BCUT2D eigenvalue weighted by molar-refractivity contribution is 6.09. The van der Waals surface area contributed by atoms with Crippen LogP contribution in [0.25, 0.3) is 0 Å². The van der Waals surface area contributed by atoms with Crippen molar-refractivity contribution in [3.05, 3.63) is 57.7 Å². The molecule has 0 aromatic heterocycles. The number of fused-ring (bicyclic) bond motifs is 4. The Morgan fingerprint density at radius 1 is 1.02 bits per heavy atom. The highest BCUT2D eigenvalue weighted by Crippen LogP contribution is 2.49. The Bertz CT molecular complexity index is 1570. The monoisotopic (exact) mass is 684 g/mol. The zero-order valence-corrected chi connectivity index (χ0v) is 27.7. The summed E-state index contributed by atoms with van der Waals surface area (Å²) in [6.07, 6.45) is -4.65. The second-order valence-electron chi connectivity index (χ2n) is 14.2. The Balaban J connectivity index is 1.20. The van der Waals surface area contributed by atoms with Gasteiger partial charge in [-0.05, 0) is 62.3 Å². The third-order valence-electron chi connectivity index (χ3n) is 11.3. The Morgan fingerprint density at radius 3 is 2.43 bits per heavy atom. The van der Waals surface area contributed by atoms with Crippen molar-refractivity contribution in [1.29, 1.82) is 0 Å². The van der Waals surface area contributed by atoms with E-state index in [2.05, 4.69) is 6.58 Å². The molecule has 266 valence electrons. The largest absolute Gasteiger partial charge is 0.461 e. The lowest BCUT2D eigenvalue weighted by atomic mass is 9.79. The van der Waals surface area contributed by atoms with Gasteiger partial charge in [0.2, 0.25) is 0 Å². The van der Waals surface area contributed by atoms with E-state index in [0.29, 0.717) is 47.1 Å². The number of ketones is 2. The first-order valence-electron chi connectivity index (χ1n) is 16.8. The standard InChI is InChI=1S/C36H44O13/c1-14-7-22(39)28-19(11-37)6-5-18(9-21(14)28)16(3)34(44)47-24-8-15(2)26-23(40)10-20(29(26)33-27(24)17(4)35(45)49-33)13-46-36-32(43)31(42)30(41)25(12-38)48-36/h7,10,17-18,21,24-25,27,29-33,36-38,41-43H,3,5-6,8-9,11-13H2,1-2,4H3. The molecule has 13 heteroatoms. The zero-order valence-electron chi connectivity index (χ0n) is 27.7. The molecule has 12 atom stereocenters. The summed E-state index contributed by atoms with van der Waals surface area (Å²) in [6, 6.07) is 0. The summed E-state index contributed by atoms with van der Waals surface area (Å²) in [6.45, 7) is 8.28. The topological polar surface area (TPSA) is 206 Å². The lowest BCUT2D eigenvalue weighted by Crippen LogP contribution is -2.59. The molecule has 2 fully saturated rings. The van der Waals surface area contributed by atoms with Gasteiger partial charge in [-0.15, -0.1) is 0 Å². The summed E-state index contributed by atoms with van der Waals surface area (Å²) >= 11 is 0. The van der Waals surface area contributed by atoms with Crippen LogP contribution < -0.4 is 0 Å². The lowest BCUT2D eigenvalue weighted by molar-refractivity contribution is -0.299. The third kappa shape index (κ3) is 6.19. The van der Waals surface area contributed by atoms with Crippen LogP contribution in [0.3, 0.4) is 0 Å². The maximum atomic E-state index is 13.8. The van der Waals surface area contributed by atoms with Gasteiger partial charge in [0.05, 0.1) is 25.7 Å². The fraction of sp³-hybridized carbons (Fsp3) is 0.611. The van der Waals surface area contributed by atoms with Gasteiger partial charge in [0, 0.05) is 40.9 Å². The molecule has 13 nitrogen and oxygen atoms in total. The smallest absolute Gasteiger partial charge is 0.333 e. The van der Waals surface area contributed by atoms with Crippen LogP contribution in [0.5, 0.6) is 0 Å². The Labute approximate surface area is 283 Å². The van der Waals surface area contributed by atoms with E-state index in [9.17, 15) is 44.7 Å². The average Bonchev–Trinajstić information content (AvgIpc) is 3.55. The van der Waals surface area contributed by atoms with E-state index < -0.39 is 79.2 Å². The summed E-state index contributed by atoms with van der Waals surface area (Å²) in [5, 5.41) is 50.3. The normalized spacial score (nSPS) is 39.1. The van der Waals surface area contributed by atoms with Crippen LogP contribution in [-0.4, -0.2) is 112 Å². The molecule has 0 spiro atoms. The number of allylic oxidation sites excluding steroid dienone is 4. The van der Waals surface area contributed by atoms with Crippen molar-refractivity contribution in [3.8, 4) is 0 Å². The predicted molar refractivity (Wildman–Crippen MR) is 169 cm³/mol. The second-order valence-corrected chi connectivity index (χ2v) is 14.2. The number of aliphatic hydroxyl groups excluding tert-OH is 5. The number of aliphatic hydroxyl groups is 5. The highest BCUT2D eigenvalue weighted by atomic mass is 16.7. The van der Waals surface area contributed by atoms with E-state index >= 15 is 0 Å². The number of rotatable bonds is 8. The average molecular weight is 685 g/mol. The minimum Gasteiger partial charge on any atom is -0.461 e. The van der Waals surface area contributed by atoms with Gasteiger partial charge < -0.3 is 44.5 Å². The molecule has 0 saturated carbocycles. The van der Waals surface area contributed by atoms with E-state index in [1.54, 1.807) is 19.9 Å². The highest BCUT2D eigenvalue weighted by Gasteiger charge is 2.56. The Morgan fingerprint density at radius 2 is 1.73 bits per heavy atom. The molecule has 5 N–H and O–H groups in total. The number of hydrogen-bond acceptors (Lipinski definition) is 13. The molecule has 2 saturated heterocycles. The first-order chi connectivity index (χ1) is 23.3. The van der Waals surface area contributed by atoms with Gasteiger partial charge in [-0.3, -0.25) is 14.4 Å². The maximum absolute atomic E-state index is 13.8. The molecular weight excluding hydrogens is 640 g/mol. The third-order valence-corrected chi connectivity index (χ3v) is 11.3. The van der Waals surface area contributed by atoms with E-state index in [4.69, 9.17) is 18.9 Å². The van der Waals surface area contributed by atoms with Crippen LogP contribution >= 0.6 is 0 Å². The van der Waals surface area contributed by atoms with Crippen molar-refractivity contribution in [1.82, 2.24) is 0 Å². The Hall–Kier alpha value is -3.30. The molecule has 0 bridgehead atoms. The molecule has 49 heavy (non-hydrogen) atoms. The van der Waals surface area contributed by atoms with E-state index in [0.717, 1.165) is 5.57 Å². The van der Waals surface area contributed by atoms with Crippen molar-refractivity contribution < 1.29 is 63.7 Å². The molecule has 6 aliphatic rings. The fourth-order valence-electron chi connectivity index (χ4n) is 8.55. The molecule has 2 heterocycles. The van der Waals surface area contributed by atoms with Crippen LogP contribution in [0.1, 0.15) is 46.5 Å². The molecule has 0 radical (unpaired) electrons. The number of carbonyl (C=O) groups is 4. The molecular formula is C36H44O13. The first kappa shape index (κ1) is 35.5. The fourth-order valence-corrected chi connectivity index (χ4v) is 8.55. The quantitative estimate of drug-likeness (QED) is 0.175. The summed E-state index contributed by atoms with van der Waals surface area (Å²) in [5.74, 6) is -4.17. The number of esters is 2. The van der Waals surface area contributed by atoms with Gasteiger partial charge in [0.1, 0.15) is 36.6 Å². The minimum atomic E-state index is -1.65. The lowest BCUT2D eigenvalue weighted by Gasteiger charge is -2.39. The zero-order chi connectivity index (χ0) is 35.5. The van der Waals surface area contributed by atoms with Gasteiger partial charge in [-0.1, -0.05) is 24.6 Å². The maximum Gasteiger partial charge on any atom is 0.333 e. The van der Waals surface area contributed by atoms with Gasteiger partial charge in [0.15, 0.2) is 17.9 Å². The van der Waals surface area contributed by atoms with Crippen molar-refractivity contribution in [2.45, 2.75) is 89.4 Å². The van der Waals surface area contributed by atoms with E-state index in [-0.39, 0.29) is 48.6 Å². The van der Waals surface area contributed by atoms with Gasteiger partial charge in [-0.25, -0.2) is 4.79 Å². The van der Waals surface area contributed by atoms with Gasteiger partial charge >= 0.3 is 11.9 Å². The molecule has 12 unspecified atom stereocenters.